The highest BCUT2D eigenvalue weighted by molar-refractivity contribution is 7.91. The Bertz CT molecular complexity index is 488. The summed E-state index contributed by atoms with van der Waals surface area (Å²) in [5, 5.41) is 3.24. The molecule has 0 amide bonds. The molecule has 0 aromatic heterocycles. The monoisotopic (exact) mass is 287 g/mol. The SMILES string of the molecule is CCCNC(CCC)CS(=O)(=O)c1cccc(F)c1. The fraction of sp³-hybridized carbons (Fsp3) is 0.571. The van der Waals surface area contributed by atoms with Crippen molar-refractivity contribution in [3.05, 3.63) is 30.1 Å². The van der Waals surface area contributed by atoms with Crippen molar-refractivity contribution in [3.63, 3.8) is 0 Å². The van der Waals surface area contributed by atoms with Crippen LogP contribution in [0.1, 0.15) is 33.1 Å². The number of benzene rings is 1. The summed E-state index contributed by atoms with van der Waals surface area (Å²) in [5.41, 5.74) is 0. The van der Waals surface area contributed by atoms with Gasteiger partial charge in [0.1, 0.15) is 5.82 Å². The van der Waals surface area contributed by atoms with Crippen LogP contribution in [0.15, 0.2) is 29.2 Å². The fourth-order valence-electron chi connectivity index (χ4n) is 1.96. The van der Waals surface area contributed by atoms with Gasteiger partial charge in [0.2, 0.25) is 0 Å². The van der Waals surface area contributed by atoms with Crippen molar-refractivity contribution >= 4 is 9.84 Å². The minimum atomic E-state index is -3.44. The summed E-state index contributed by atoms with van der Waals surface area (Å²) in [6.07, 6.45) is 2.68. The normalized spacial score (nSPS) is 13.4. The molecule has 0 spiro atoms. The van der Waals surface area contributed by atoms with Gasteiger partial charge in [-0.05, 0) is 37.6 Å². The van der Waals surface area contributed by atoms with Crippen LogP contribution in [0.2, 0.25) is 0 Å². The van der Waals surface area contributed by atoms with Crippen molar-refractivity contribution in [1.82, 2.24) is 5.32 Å². The second-order valence-electron chi connectivity index (χ2n) is 4.68. The van der Waals surface area contributed by atoms with Crippen molar-refractivity contribution in [1.29, 1.82) is 0 Å². The molecule has 0 saturated heterocycles. The predicted octanol–water partition coefficient (Wildman–Crippen LogP) is 2.77. The van der Waals surface area contributed by atoms with E-state index in [4.69, 9.17) is 0 Å². The van der Waals surface area contributed by atoms with Gasteiger partial charge in [0, 0.05) is 6.04 Å². The van der Waals surface area contributed by atoms with Crippen LogP contribution >= 0.6 is 0 Å². The van der Waals surface area contributed by atoms with Gasteiger partial charge in [-0.2, -0.15) is 0 Å². The van der Waals surface area contributed by atoms with Gasteiger partial charge in [-0.25, -0.2) is 12.8 Å². The first-order chi connectivity index (χ1) is 8.99. The maximum Gasteiger partial charge on any atom is 0.180 e. The molecule has 5 heteroatoms. The van der Waals surface area contributed by atoms with E-state index >= 15 is 0 Å². The van der Waals surface area contributed by atoms with E-state index in [-0.39, 0.29) is 16.7 Å². The molecule has 0 aliphatic carbocycles. The molecule has 0 fully saturated rings. The Morgan fingerprint density at radius 2 is 2.00 bits per heavy atom. The highest BCUT2D eigenvalue weighted by atomic mass is 32.2. The van der Waals surface area contributed by atoms with Crippen molar-refractivity contribution in [2.24, 2.45) is 0 Å². The van der Waals surface area contributed by atoms with Gasteiger partial charge < -0.3 is 5.32 Å². The molecule has 108 valence electrons. The first-order valence-electron chi connectivity index (χ1n) is 6.71. The molecule has 1 rings (SSSR count). The number of hydrogen-bond donors (Lipinski definition) is 1. The zero-order chi connectivity index (χ0) is 14.3. The molecule has 19 heavy (non-hydrogen) atoms. The van der Waals surface area contributed by atoms with E-state index < -0.39 is 15.7 Å². The van der Waals surface area contributed by atoms with Crippen molar-refractivity contribution in [2.75, 3.05) is 12.3 Å². The van der Waals surface area contributed by atoms with Gasteiger partial charge >= 0.3 is 0 Å². The van der Waals surface area contributed by atoms with Crippen LogP contribution in [-0.2, 0) is 9.84 Å². The largest absolute Gasteiger partial charge is 0.313 e. The third-order valence-corrected chi connectivity index (χ3v) is 4.71. The molecular formula is C14H22FNO2S. The summed E-state index contributed by atoms with van der Waals surface area (Å²) in [5.74, 6) is -0.501. The average Bonchev–Trinajstić information content (AvgIpc) is 2.36. The van der Waals surface area contributed by atoms with E-state index in [0.29, 0.717) is 0 Å². The predicted molar refractivity (Wildman–Crippen MR) is 75.4 cm³/mol. The van der Waals surface area contributed by atoms with E-state index in [0.717, 1.165) is 31.9 Å². The van der Waals surface area contributed by atoms with Crippen LogP contribution in [0.3, 0.4) is 0 Å². The Hall–Kier alpha value is -0.940. The van der Waals surface area contributed by atoms with Gasteiger partial charge in [-0.15, -0.1) is 0 Å². The standard InChI is InChI=1S/C14H22FNO2S/c1-3-6-13(16-9-4-2)11-19(17,18)14-8-5-7-12(15)10-14/h5,7-8,10,13,16H,3-4,6,9,11H2,1-2H3. The second-order valence-corrected chi connectivity index (χ2v) is 6.71. The summed E-state index contributed by atoms with van der Waals surface area (Å²) in [6, 6.07) is 5.13. The molecule has 0 radical (unpaired) electrons. The number of rotatable bonds is 8. The van der Waals surface area contributed by atoms with Crippen LogP contribution in [0.25, 0.3) is 0 Å². The quantitative estimate of drug-likeness (QED) is 0.799. The van der Waals surface area contributed by atoms with E-state index in [1.807, 2.05) is 13.8 Å². The maximum absolute atomic E-state index is 13.1. The maximum atomic E-state index is 13.1. The minimum Gasteiger partial charge on any atom is -0.313 e. The first kappa shape index (κ1) is 16.1. The molecule has 1 atom stereocenters. The van der Waals surface area contributed by atoms with Gasteiger partial charge in [-0.3, -0.25) is 0 Å². The fourth-order valence-corrected chi connectivity index (χ4v) is 3.55. The zero-order valence-electron chi connectivity index (χ0n) is 11.5. The molecule has 1 aromatic carbocycles. The number of sulfone groups is 1. The summed E-state index contributed by atoms with van der Waals surface area (Å²) in [7, 11) is -3.44. The second kappa shape index (κ2) is 7.60. The van der Waals surface area contributed by atoms with Gasteiger partial charge in [0.05, 0.1) is 10.6 Å². The van der Waals surface area contributed by atoms with Crippen molar-refractivity contribution in [2.45, 2.75) is 44.0 Å². The third-order valence-electron chi connectivity index (χ3n) is 2.90. The Labute approximate surface area is 115 Å². The Morgan fingerprint density at radius 3 is 2.58 bits per heavy atom. The van der Waals surface area contributed by atoms with Crippen LogP contribution in [0.4, 0.5) is 4.39 Å². The highest BCUT2D eigenvalue weighted by Crippen LogP contribution is 2.15. The van der Waals surface area contributed by atoms with Crippen LogP contribution < -0.4 is 5.32 Å². The summed E-state index contributed by atoms with van der Waals surface area (Å²) in [6.45, 7) is 4.86. The molecule has 0 heterocycles. The Kier molecular flexibility index (Phi) is 6.45. The molecular weight excluding hydrogens is 265 g/mol. The Balaban J connectivity index is 2.81. The minimum absolute atomic E-state index is 0.0181. The number of nitrogens with one attached hydrogen (secondary N) is 1. The molecule has 1 unspecified atom stereocenters. The van der Waals surface area contributed by atoms with Crippen molar-refractivity contribution < 1.29 is 12.8 Å². The summed E-state index contributed by atoms with van der Waals surface area (Å²) in [4.78, 5) is 0.0619. The van der Waals surface area contributed by atoms with E-state index in [1.54, 1.807) is 0 Å². The number of hydrogen-bond acceptors (Lipinski definition) is 3. The zero-order valence-corrected chi connectivity index (χ0v) is 12.3. The number of halogens is 1. The lowest BCUT2D eigenvalue weighted by molar-refractivity contribution is 0.499. The molecule has 1 aromatic rings. The lowest BCUT2D eigenvalue weighted by atomic mass is 10.2. The lowest BCUT2D eigenvalue weighted by Crippen LogP contribution is -2.36. The smallest absolute Gasteiger partial charge is 0.180 e. The van der Waals surface area contributed by atoms with Crippen LogP contribution in [0, 0.1) is 5.82 Å². The van der Waals surface area contributed by atoms with E-state index in [9.17, 15) is 12.8 Å². The summed E-state index contributed by atoms with van der Waals surface area (Å²) >= 11 is 0. The van der Waals surface area contributed by atoms with Crippen LogP contribution in [0.5, 0.6) is 0 Å². The van der Waals surface area contributed by atoms with E-state index in [2.05, 4.69) is 5.32 Å². The highest BCUT2D eigenvalue weighted by Gasteiger charge is 2.20. The molecule has 3 nitrogen and oxygen atoms in total. The van der Waals surface area contributed by atoms with Gasteiger partial charge in [-0.1, -0.05) is 26.3 Å². The van der Waals surface area contributed by atoms with E-state index in [1.165, 1.54) is 18.2 Å². The first-order valence-corrected chi connectivity index (χ1v) is 8.36. The third kappa shape index (κ3) is 5.28. The topological polar surface area (TPSA) is 46.2 Å². The van der Waals surface area contributed by atoms with Gasteiger partial charge in [0.25, 0.3) is 0 Å². The molecule has 0 bridgehead atoms. The molecule has 0 aliphatic heterocycles. The Morgan fingerprint density at radius 1 is 1.26 bits per heavy atom. The van der Waals surface area contributed by atoms with Crippen LogP contribution in [-0.4, -0.2) is 26.8 Å². The molecule has 0 saturated carbocycles. The average molecular weight is 287 g/mol. The summed E-state index contributed by atoms with van der Waals surface area (Å²) < 4.78 is 37.6. The molecule has 0 aliphatic rings. The lowest BCUT2D eigenvalue weighted by Gasteiger charge is -2.17. The molecule has 1 N–H and O–H groups in total. The van der Waals surface area contributed by atoms with Crippen molar-refractivity contribution in [3.8, 4) is 0 Å². The van der Waals surface area contributed by atoms with Gasteiger partial charge in [0.15, 0.2) is 9.84 Å².